The number of nitrogens with zero attached hydrogens (tertiary/aromatic N) is 3. The average Bonchev–Trinajstić information content (AvgIpc) is 3.08. The van der Waals surface area contributed by atoms with Gasteiger partial charge in [0.15, 0.2) is 0 Å². The lowest BCUT2D eigenvalue weighted by Gasteiger charge is -2.28. The van der Waals surface area contributed by atoms with Crippen molar-refractivity contribution < 1.29 is 8.42 Å². The van der Waals surface area contributed by atoms with Gasteiger partial charge in [0.25, 0.3) is 0 Å². The lowest BCUT2D eigenvalue weighted by Crippen LogP contribution is -2.32. The summed E-state index contributed by atoms with van der Waals surface area (Å²) in [6.45, 7) is 1.18. The molecule has 1 aliphatic rings. The van der Waals surface area contributed by atoms with Crippen molar-refractivity contribution in [2.45, 2.75) is 30.6 Å². The molecule has 0 bridgehead atoms. The predicted octanol–water partition coefficient (Wildman–Crippen LogP) is 6.02. The molecule has 0 unspecified atom stereocenters. The highest BCUT2D eigenvalue weighted by atomic mass is 79.9. The molecule has 34 heavy (non-hydrogen) atoms. The molecule has 1 saturated carbocycles. The molecule has 1 aliphatic carbocycles. The standard InChI is InChI=1S/C22H26BrCl2N5O2S2/c1-30(2)21-15-5-3-4-6-16(15)28-22(29-21)26-11-13-7-9-14(10-8-13)12-27-34(31,32)18-17(23)19(24)33-20(18)25/h3-6,13-14,27H,7-12H2,1-2H3,(H,26,28,29). The van der Waals surface area contributed by atoms with Gasteiger partial charge in [-0.15, -0.1) is 11.3 Å². The molecule has 2 aromatic heterocycles. The van der Waals surface area contributed by atoms with Crippen molar-refractivity contribution in [2.75, 3.05) is 37.4 Å². The molecule has 184 valence electrons. The first-order valence-electron chi connectivity index (χ1n) is 11.0. The van der Waals surface area contributed by atoms with Crippen molar-refractivity contribution in [3.8, 4) is 0 Å². The predicted molar refractivity (Wildman–Crippen MR) is 145 cm³/mol. The summed E-state index contributed by atoms with van der Waals surface area (Å²) in [7, 11) is 0.235. The van der Waals surface area contributed by atoms with Crippen LogP contribution in [0.3, 0.4) is 0 Å². The van der Waals surface area contributed by atoms with Crippen LogP contribution < -0.4 is 14.9 Å². The van der Waals surface area contributed by atoms with Crippen molar-refractivity contribution in [1.82, 2.24) is 14.7 Å². The third-order valence-electron chi connectivity index (χ3n) is 6.08. The number of hydrogen-bond donors (Lipinski definition) is 2. The van der Waals surface area contributed by atoms with Crippen molar-refractivity contribution in [2.24, 2.45) is 11.8 Å². The van der Waals surface area contributed by atoms with Crippen LogP contribution in [0, 0.1) is 11.8 Å². The van der Waals surface area contributed by atoms with Crippen LogP contribution in [0.15, 0.2) is 33.6 Å². The number of nitrogens with one attached hydrogen (secondary N) is 2. The van der Waals surface area contributed by atoms with E-state index >= 15 is 0 Å². The lowest BCUT2D eigenvalue weighted by atomic mass is 9.82. The highest BCUT2D eigenvalue weighted by molar-refractivity contribution is 9.10. The quantitative estimate of drug-likeness (QED) is 0.326. The molecular formula is C22H26BrCl2N5O2S2. The van der Waals surface area contributed by atoms with E-state index in [1.165, 1.54) is 0 Å². The number of benzene rings is 1. The van der Waals surface area contributed by atoms with E-state index in [1.807, 2.05) is 43.3 Å². The van der Waals surface area contributed by atoms with Gasteiger partial charge in [-0.1, -0.05) is 35.3 Å². The van der Waals surface area contributed by atoms with Crippen LogP contribution in [0.2, 0.25) is 8.67 Å². The van der Waals surface area contributed by atoms with Gasteiger partial charge < -0.3 is 10.2 Å². The molecular weight excluding hydrogens is 581 g/mol. The summed E-state index contributed by atoms with van der Waals surface area (Å²) in [5.74, 6) is 2.30. The van der Waals surface area contributed by atoms with Gasteiger partial charge in [-0.2, -0.15) is 4.98 Å². The van der Waals surface area contributed by atoms with Gasteiger partial charge in [-0.25, -0.2) is 18.1 Å². The molecule has 7 nitrogen and oxygen atoms in total. The molecule has 1 fully saturated rings. The Morgan fingerprint density at radius 1 is 1.06 bits per heavy atom. The number of para-hydroxylation sites is 1. The van der Waals surface area contributed by atoms with Gasteiger partial charge in [0.05, 0.1) is 9.99 Å². The Morgan fingerprint density at radius 3 is 2.32 bits per heavy atom. The summed E-state index contributed by atoms with van der Waals surface area (Å²) in [6.07, 6.45) is 3.94. The van der Waals surface area contributed by atoms with E-state index in [1.54, 1.807) is 0 Å². The summed E-state index contributed by atoms with van der Waals surface area (Å²) < 4.78 is 29.0. The number of aromatic nitrogens is 2. The minimum Gasteiger partial charge on any atom is -0.362 e. The lowest BCUT2D eigenvalue weighted by molar-refractivity contribution is 0.284. The molecule has 0 amide bonds. The Morgan fingerprint density at radius 2 is 1.71 bits per heavy atom. The van der Waals surface area contributed by atoms with Gasteiger partial charge in [0, 0.05) is 32.6 Å². The van der Waals surface area contributed by atoms with Crippen LogP contribution in [-0.2, 0) is 10.0 Å². The molecule has 4 rings (SSSR count). The van der Waals surface area contributed by atoms with Gasteiger partial charge in [0.2, 0.25) is 16.0 Å². The average molecular weight is 607 g/mol. The van der Waals surface area contributed by atoms with E-state index in [2.05, 4.69) is 31.0 Å². The van der Waals surface area contributed by atoms with E-state index in [-0.39, 0.29) is 15.1 Å². The summed E-state index contributed by atoms with van der Waals surface area (Å²) in [6, 6.07) is 8.00. The maximum atomic E-state index is 12.7. The van der Waals surface area contributed by atoms with Gasteiger partial charge in [-0.05, 0) is 65.6 Å². The van der Waals surface area contributed by atoms with Crippen LogP contribution >= 0.6 is 50.5 Å². The molecule has 1 aromatic carbocycles. The minimum atomic E-state index is -3.72. The Labute approximate surface area is 222 Å². The number of fused-ring (bicyclic) bond motifs is 1. The maximum absolute atomic E-state index is 12.7. The Kier molecular flexibility index (Phi) is 8.26. The normalized spacial score (nSPS) is 18.9. The molecule has 12 heteroatoms. The Hall–Kier alpha value is -1.17. The maximum Gasteiger partial charge on any atom is 0.244 e. The summed E-state index contributed by atoms with van der Waals surface area (Å²) in [4.78, 5) is 11.4. The van der Waals surface area contributed by atoms with Crippen molar-refractivity contribution in [3.05, 3.63) is 37.4 Å². The Bertz CT molecular complexity index is 1280. The zero-order valence-electron chi connectivity index (χ0n) is 18.8. The molecule has 3 aromatic rings. The first kappa shape index (κ1) is 25.9. The zero-order valence-corrected chi connectivity index (χ0v) is 23.5. The topological polar surface area (TPSA) is 87.2 Å². The summed E-state index contributed by atoms with van der Waals surface area (Å²) >= 11 is 16.4. The fourth-order valence-electron chi connectivity index (χ4n) is 4.22. The summed E-state index contributed by atoms with van der Waals surface area (Å²) in [5.41, 5.74) is 0.915. The second kappa shape index (κ2) is 10.8. The van der Waals surface area contributed by atoms with Crippen LogP contribution in [0.1, 0.15) is 25.7 Å². The van der Waals surface area contributed by atoms with E-state index < -0.39 is 10.0 Å². The number of thiophene rings is 1. The van der Waals surface area contributed by atoms with Gasteiger partial charge in [0.1, 0.15) is 19.4 Å². The molecule has 0 saturated heterocycles. The fraction of sp³-hybridized carbons (Fsp3) is 0.455. The largest absolute Gasteiger partial charge is 0.362 e. The third kappa shape index (κ3) is 5.79. The molecule has 2 N–H and O–H groups in total. The SMILES string of the molecule is CN(C)c1nc(NCC2CCC(CNS(=O)(=O)c3c(Cl)sc(Cl)c3Br)CC2)nc2ccccc12. The monoisotopic (exact) mass is 605 g/mol. The fourth-order valence-corrected chi connectivity index (χ4v) is 8.89. The second-order valence-electron chi connectivity index (χ2n) is 8.69. The van der Waals surface area contributed by atoms with Crippen LogP contribution in [0.5, 0.6) is 0 Å². The first-order chi connectivity index (χ1) is 16.2. The first-order valence-corrected chi connectivity index (χ1v) is 14.8. The molecule has 0 aliphatic heterocycles. The van der Waals surface area contributed by atoms with Crippen LogP contribution in [-0.4, -0.2) is 45.6 Å². The van der Waals surface area contributed by atoms with Crippen LogP contribution in [0.25, 0.3) is 10.9 Å². The van der Waals surface area contributed by atoms with Crippen LogP contribution in [0.4, 0.5) is 11.8 Å². The smallest absolute Gasteiger partial charge is 0.244 e. The molecule has 0 radical (unpaired) electrons. The second-order valence-corrected chi connectivity index (χ2v) is 13.4. The molecule has 0 spiro atoms. The van der Waals surface area contributed by atoms with Gasteiger partial charge in [-0.3, -0.25) is 0 Å². The number of hydrogen-bond acceptors (Lipinski definition) is 7. The zero-order chi connectivity index (χ0) is 24.5. The summed E-state index contributed by atoms with van der Waals surface area (Å²) in [5, 5.41) is 4.44. The van der Waals surface area contributed by atoms with E-state index in [0.717, 1.165) is 60.3 Å². The third-order valence-corrected chi connectivity index (χ3v) is 11.0. The van der Waals surface area contributed by atoms with Crippen molar-refractivity contribution in [1.29, 1.82) is 0 Å². The highest BCUT2D eigenvalue weighted by Crippen LogP contribution is 2.43. The number of halogens is 3. The number of sulfonamides is 1. The van der Waals surface area contributed by atoms with Crippen molar-refractivity contribution in [3.63, 3.8) is 0 Å². The minimum absolute atomic E-state index is 0.0227. The number of rotatable bonds is 8. The van der Waals surface area contributed by atoms with Gasteiger partial charge >= 0.3 is 0 Å². The van der Waals surface area contributed by atoms with Crippen molar-refractivity contribution >= 4 is 83.2 Å². The Balaban J connectivity index is 1.30. The molecule has 0 atom stereocenters. The van der Waals surface area contributed by atoms with E-state index in [9.17, 15) is 8.42 Å². The van der Waals surface area contributed by atoms with E-state index in [0.29, 0.717) is 27.2 Å². The molecule has 2 heterocycles. The number of anilines is 2. The van der Waals surface area contributed by atoms with E-state index in [4.69, 9.17) is 28.2 Å². The highest BCUT2D eigenvalue weighted by Gasteiger charge is 2.28.